The first-order valence-corrected chi connectivity index (χ1v) is 7.44. The van der Waals surface area contributed by atoms with Gasteiger partial charge in [0, 0.05) is 24.5 Å². The highest BCUT2D eigenvalue weighted by atomic mass is 32.2. The third-order valence-electron chi connectivity index (χ3n) is 2.82. The predicted molar refractivity (Wildman–Crippen MR) is 69.1 cm³/mol. The summed E-state index contributed by atoms with van der Waals surface area (Å²) < 4.78 is 2.29. The molecule has 84 valence electrons. The maximum Gasteiger partial charge on any atom is 0.174 e. The van der Waals surface area contributed by atoms with Gasteiger partial charge in [-0.3, -0.25) is 0 Å². The number of hydrogen-bond donors (Lipinski definition) is 0. The van der Waals surface area contributed by atoms with Gasteiger partial charge in [0.05, 0.1) is 4.88 Å². The van der Waals surface area contributed by atoms with Crippen LogP contribution in [0.1, 0.15) is 11.4 Å². The summed E-state index contributed by atoms with van der Waals surface area (Å²) >= 11 is 3.76. The van der Waals surface area contributed by atoms with Crippen molar-refractivity contribution in [3.8, 4) is 10.7 Å². The molecule has 0 saturated carbocycles. The SMILES string of the molecule is Cc1ccsc1-c1nnc2n1CCSCC2. The smallest absolute Gasteiger partial charge is 0.174 e. The van der Waals surface area contributed by atoms with Gasteiger partial charge in [0.15, 0.2) is 5.82 Å². The highest BCUT2D eigenvalue weighted by Gasteiger charge is 2.17. The Morgan fingerprint density at radius 1 is 1.31 bits per heavy atom. The van der Waals surface area contributed by atoms with E-state index in [9.17, 15) is 0 Å². The van der Waals surface area contributed by atoms with Crippen molar-refractivity contribution in [1.29, 1.82) is 0 Å². The van der Waals surface area contributed by atoms with Gasteiger partial charge in [-0.15, -0.1) is 21.5 Å². The topological polar surface area (TPSA) is 30.7 Å². The van der Waals surface area contributed by atoms with Crippen molar-refractivity contribution < 1.29 is 0 Å². The molecule has 0 unspecified atom stereocenters. The molecule has 5 heteroatoms. The molecule has 0 N–H and O–H groups in total. The van der Waals surface area contributed by atoms with E-state index in [0.29, 0.717) is 0 Å². The van der Waals surface area contributed by atoms with Crippen molar-refractivity contribution in [2.75, 3.05) is 11.5 Å². The number of aromatic nitrogens is 3. The lowest BCUT2D eigenvalue weighted by atomic mass is 10.3. The lowest BCUT2D eigenvalue weighted by Gasteiger charge is -2.05. The fraction of sp³-hybridized carbons (Fsp3) is 0.455. The Labute approximate surface area is 103 Å². The molecule has 3 rings (SSSR count). The van der Waals surface area contributed by atoms with E-state index in [4.69, 9.17) is 0 Å². The van der Waals surface area contributed by atoms with Gasteiger partial charge in [0.25, 0.3) is 0 Å². The van der Waals surface area contributed by atoms with Gasteiger partial charge in [0.2, 0.25) is 0 Å². The first-order chi connectivity index (χ1) is 7.86. The molecule has 0 aliphatic carbocycles. The number of fused-ring (bicyclic) bond motifs is 1. The van der Waals surface area contributed by atoms with Gasteiger partial charge in [0.1, 0.15) is 5.82 Å². The minimum atomic E-state index is 1.04. The Kier molecular flexibility index (Phi) is 2.73. The van der Waals surface area contributed by atoms with Crippen LogP contribution in [0.4, 0.5) is 0 Å². The molecule has 0 atom stereocenters. The molecule has 2 aromatic rings. The monoisotopic (exact) mass is 251 g/mol. The largest absolute Gasteiger partial charge is 0.309 e. The lowest BCUT2D eigenvalue weighted by Crippen LogP contribution is -2.04. The maximum atomic E-state index is 4.36. The third kappa shape index (κ3) is 1.68. The highest BCUT2D eigenvalue weighted by Crippen LogP contribution is 2.29. The summed E-state index contributed by atoms with van der Waals surface area (Å²) in [5.41, 5.74) is 1.30. The first-order valence-electron chi connectivity index (χ1n) is 5.40. The Hall–Kier alpha value is -0.810. The summed E-state index contributed by atoms with van der Waals surface area (Å²) in [6.07, 6.45) is 1.04. The third-order valence-corrected chi connectivity index (χ3v) is 4.80. The van der Waals surface area contributed by atoms with Crippen LogP contribution in [0.3, 0.4) is 0 Å². The molecule has 0 saturated heterocycles. The maximum absolute atomic E-state index is 4.36. The Morgan fingerprint density at radius 3 is 3.06 bits per heavy atom. The molecule has 0 bridgehead atoms. The molecule has 1 aliphatic heterocycles. The number of nitrogens with zero attached hydrogens (tertiary/aromatic N) is 3. The quantitative estimate of drug-likeness (QED) is 0.780. The van der Waals surface area contributed by atoms with Crippen molar-refractivity contribution >= 4 is 23.1 Å². The van der Waals surface area contributed by atoms with E-state index < -0.39 is 0 Å². The second-order valence-corrected chi connectivity index (χ2v) is 6.03. The average Bonchev–Trinajstić information content (AvgIpc) is 2.78. The fourth-order valence-corrected chi connectivity index (χ4v) is 3.71. The van der Waals surface area contributed by atoms with Crippen LogP contribution < -0.4 is 0 Å². The molecule has 1 aliphatic rings. The molecule has 0 fully saturated rings. The second kappa shape index (κ2) is 4.22. The van der Waals surface area contributed by atoms with Gasteiger partial charge in [-0.25, -0.2) is 0 Å². The summed E-state index contributed by atoms with van der Waals surface area (Å²) in [4.78, 5) is 1.27. The van der Waals surface area contributed by atoms with Gasteiger partial charge < -0.3 is 4.57 Å². The normalized spacial score (nSPS) is 15.8. The summed E-state index contributed by atoms with van der Waals surface area (Å²) in [5.74, 6) is 4.54. The number of thioether (sulfide) groups is 1. The first kappa shape index (κ1) is 10.4. The Balaban J connectivity index is 2.09. The molecule has 0 spiro atoms. The average molecular weight is 251 g/mol. The number of hydrogen-bond acceptors (Lipinski definition) is 4. The zero-order valence-electron chi connectivity index (χ0n) is 9.14. The molecular formula is C11H13N3S2. The van der Waals surface area contributed by atoms with E-state index in [0.717, 1.165) is 24.6 Å². The molecular weight excluding hydrogens is 238 g/mol. The van der Waals surface area contributed by atoms with Crippen LogP contribution in [0.15, 0.2) is 11.4 Å². The van der Waals surface area contributed by atoms with Crippen molar-refractivity contribution in [3.63, 3.8) is 0 Å². The van der Waals surface area contributed by atoms with Gasteiger partial charge in [-0.05, 0) is 23.9 Å². The van der Waals surface area contributed by atoms with E-state index in [-0.39, 0.29) is 0 Å². The van der Waals surface area contributed by atoms with Crippen molar-refractivity contribution in [2.24, 2.45) is 0 Å². The van der Waals surface area contributed by atoms with Crippen LogP contribution >= 0.6 is 23.1 Å². The Bertz CT molecular complexity index is 501. The zero-order chi connectivity index (χ0) is 11.0. The van der Waals surface area contributed by atoms with Gasteiger partial charge in [-0.2, -0.15) is 11.8 Å². The van der Waals surface area contributed by atoms with E-state index in [2.05, 4.69) is 33.1 Å². The highest BCUT2D eigenvalue weighted by molar-refractivity contribution is 7.99. The van der Waals surface area contributed by atoms with E-state index in [1.807, 2.05) is 11.8 Å². The van der Waals surface area contributed by atoms with Crippen LogP contribution in [0.2, 0.25) is 0 Å². The summed E-state index contributed by atoms with van der Waals surface area (Å²) in [6, 6.07) is 2.15. The standard InChI is InChI=1S/C11H13N3S2/c1-8-2-6-16-10(8)11-13-12-9-3-5-15-7-4-14(9)11/h2,6H,3-5,7H2,1H3. The number of thiophene rings is 1. The van der Waals surface area contributed by atoms with Gasteiger partial charge in [-0.1, -0.05) is 0 Å². The van der Waals surface area contributed by atoms with E-state index >= 15 is 0 Å². The van der Waals surface area contributed by atoms with Crippen LogP contribution in [-0.2, 0) is 13.0 Å². The second-order valence-electron chi connectivity index (χ2n) is 3.89. The van der Waals surface area contributed by atoms with Crippen molar-refractivity contribution in [2.45, 2.75) is 19.9 Å². The molecule has 3 heterocycles. The molecule has 0 aromatic carbocycles. The minimum absolute atomic E-state index is 1.04. The van der Waals surface area contributed by atoms with Gasteiger partial charge >= 0.3 is 0 Å². The summed E-state index contributed by atoms with van der Waals surface area (Å²) in [6.45, 7) is 3.18. The molecule has 0 radical (unpaired) electrons. The Morgan fingerprint density at radius 2 is 2.25 bits per heavy atom. The van der Waals surface area contributed by atoms with E-state index in [1.54, 1.807) is 11.3 Å². The molecule has 3 nitrogen and oxygen atoms in total. The van der Waals surface area contributed by atoms with Crippen LogP contribution in [0.25, 0.3) is 10.7 Å². The molecule has 16 heavy (non-hydrogen) atoms. The minimum Gasteiger partial charge on any atom is -0.309 e. The van der Waals surface area contributed by atoms with Crippen molar-refractivity contribution in [3.05, 3.63) is 22.8 Å². The van der Waals surface area contributed by atoms with Crippen LogP contribution in [0, 0.1) is 6.92 Å². The number of rotatable bonds is 1. The fourth-order valence-electron chi connectivity index (χ4n) is 1.95. The predicted octanol–water partition coefficient (Wildman–Crippen LogP) is 2.60. The summed E-state index contributed by atoms with van der Waals surface area (Å²) in [7, 11) is 0. The molecule has 2 aromatic heterocycles. The van der Waals surface area contributed by atoms with Crippen LogP contribution in [0.5, 0.6) is 0 Å². The zero-order valence-corrected chi connectivity index (χ0v) is 10.8. The van der Waals surface area contributed by atoms with E-state index in [1.165, 1.54) is 21.9 Å². The van der Waals surface area contributed by atoms with Crippen molar-refractivity contribution in [1.82, 2.24) is 14.8 Å². The molecule has 0 amide bonds. The lowest BCUT2D eigenvalue weighted by molar-refractivity contribution is 0.732. The summed E-state index contributed by atoms with van der Waals surface area (Å²) in [5, 5.41) is 10.8. The number of aryl methyl sites for hydroxylation is 2. The van der Waals surface area contributed by atoms with Crippen LogP contribution in [-0.4, -0.2) is 26.3 Å².